The highest BCUT2D eigenvalue weighted by atomic mass is 16.1. The van der Waals surface area contributed by atoms with E-state index in [1.807, 2.05) is 32.0 Å². The first-order valence-corrected chi connectivity index (χ1v) is 5.85. The van der Waals surface area contributed by atoms with Gasteiger partial charge in [-0.15, -0.1) is 0 Å². The van der Waals surface area contributed by atoms with Crippen molar-refractivity contribution in [2.24, 2.45) is 0 Å². The van der Waals surface area contributed by atoms with Crippen molar-refractivity contribution in [3.05, 3.63) is 35.4 Å². The molecule has 0 aliphatic heterocycles. The molecule has 2 heterocycles. The van der Waals surface area contributed by atoms with Crippen LogP contribution in [0, 0.1) is 6.92 Å². The quantitative estimate of drug-likeness (QED) is 0.836. The summed E-state index contributed by atoms with van der Waals surface area (Å²) >= 11 is 0. The van der Waals surface area contributed by atoms with E-state index in [-0.39, 0.29) is 5.91 Å². The Morgan fingerprint density at radius 1 is 1.42 bits per heavy atom. The monoisotopic (exact) mass is 260 g/mol. The Morgan fingerprint density at radius 3 is 2.84 bits per heavy atom. The summed E-state index contributed by atoms with van der Waals surface area (Å²) < 4.78 is 0. The van der Waals surface area contributed by atoms with E-state index in [4.69, 9.17) is 0 Å². The Morgan fingerprint density at radius 2 is 2.21 bits per heavy atom. The van der Waals surface area contributed by atoms with Gasteiger partial charge in [0.1, 0.15) is 5.69 Å². The van der Waals surface area contributed by atoms with Crippen molar-refractivity contribution in [2.45, 2.75) is 13.5 Å². The third-order valence-corrected chi connectivity index (χ3v) is 2.47. The van der Waals surface area contributed by atoms with E-state index >= 15 is 0 Å². The second-order valence-electron chi connectivity index (χ2n) is 4.35. The topological polar surface area (TPSA) is 86.8 Å². The van der Waals surface area contributed by atoms with Crippen LogP contribution >= 0.6 is 0 Å². The number of aryl methyl sites for hydroxylation is 1. The molecule has 0 aromatic carbocycles. The van der Waals surface area contributed by atoms with Crippen molar-refractivity contribution in [3.8, 4) is 0 Å². The van der Waals surface area contributed by atoms with Crippen molar-refractivity contribution in [1.82, 2.24) is 25.5 Å². The summed E-state index contributed by atoms with van der Waals surface area (Å²) in [6, 6.07) is 3.46. The minimum absolute atomic E-state index is 0.208. The van der Waals surface area contributed by atoms with Gasteiger partial charge in [0, 0.05) is 26.0 Å². The number of amides is 1. The number of nitrogens with one attached hydrogen (secondary N) is 2. The summed E-state index contributed by atoms with van der Waals surface area (Å²) in [5.41, 5.74) is 2.06. The highest BCUT2D eigenvalue weighted by Crippen LogP contribution is 2.07. The average Bonchev–Trinajstić information content (AvgIpc) is 2.89. The number of carbonyl (C=O) groups excluding carboxylic acids is 1. The van der Waals surface area contributed by atoms with Crippen LogP contribution in [0.2, 0.25) is 0 Å². The molecule has 7 nitrogen and oxygen atoms in total. The number of nitrogens with zero attached hydrogens (tertiary/aromatic N) is 4. The fourth-order valence-electron chi connectivity index (χ4n) is 1.56. The molecule has 0 aliphatic rings. The largest absolute Gasteiger partial charge is 0.347 e. The van der Waals surface area contributed by atoms with E-state index in [1.54, 1.807) is 6.07 Å². The fraction of sp³-hybridized carbons (Fsp3) is 0.333. The van der Waals surface area contributed by atoms with Crippen LogP contribution in [0.5, 0.6) is 0 Å². The molecule has 2 N–H and O–H groups in total. The molecular formula is C12H16N6O. The molecule has 7 heteroatoms. The Bertz CT molecular complexity index is 564. The zero-order chi connectivity index (χ0) is 13.8. The average molecular weight is 260 g/mol. The van der Waals surface area contributed by atoms with Crippen LogP contribution in [0.1, 0.15) is 21.9 Å². The van der Waals surface area contributed by atoms with E-state index in [2.05, 4.69) is 25.5 Å². The smallest absolute Gasteiger partial charge is 0.269 e. The van der Waals surface area contributed by atoms with Gasteiger partial charge in [0.25, 0.3) is 5.91 Å². The molecule has 2 rings (SSSR count). The van der Waals surface area contributed by atoms with E-state index in [9.17, 15) is 4.79 Å². The van der Waals surface area contributed by atoms with Gasteiger partial charge in [-0.05, 0) is 19.1 Å². The van der Waals surface area contributed by atoms with E-state index < -0.39 is 0 Å². The SMILES string of the molecule is Cc1cc(CNC(=O)c2ccn[nH]2)nc(N(C)C)n1. The second-order valence-corrected chi connectivity index (χ2v) is 4.35. The molecular weight excluding hydrogens is 244 g/mol. The molecule has 0 spiro atoms. The molecule has 2 aromatic heterocycles. The van der Waals surface area contributed by atoms with Crippen molar-refractivity contribution < 1.29 is 4.79 Å². The number of hydrogen-bond acceptors (Lipinski definition) is 5. The molecule has 0 bridgehead atoms. The predicted molar refractivity (Wildman–Crippen MR) is 70.9 cm³/mol. The standard InChI is InChI=1S/C12H16N6O/c1-8-6-9(16-12(15-8)18(2)3)7-13-11(19)10-4-5-14-17-10/h4-6H,7H2,1-3H3,(H,13,19)(H,14,17). The number of carbonyl (C=O) groups is 1. The van der Waals surface area contributed by atoms with Crippen LogP contribution in [0.3, 0.4) is 0 Å². The maximum Gasteiger partial charge on any atom is 0.269 e. The lowest BCUT2D eigenvalue weighted by Crippen LogP contribution is -2.24. The summed E-state index contributed by atoms with van der Waals surface area (Å²) in [4.78, 5) is 22.2. The summed E-state index contributed by atoms with van der Waals surface area (Å²) in [5.74, 6) is 0.422. The number of hydrogen-bond donors (Lipinski definition) is 2. The van der Waals surface area contributed by atoms with Gasteiger partial charge in [-0.3, -0.25) is 9.89 Å². The van der Waals surface area contributed by atoms with Gasteiger partial charge in [0.15, 0.2) is 0 Å². The predicted octanol–water partition coefficient (Wildman–Crippen LogP) is 0.504. The lowest BCUT2D eigenvalue weighted by atomic mass is 10.3. The van der Waals surface area contributed by atoms with Crippen LogP contribution < -0.4 is 10.2 Å². The zero-order valence-electron chi connectivity index (χ0n) is 11.1. The molecule has 0 radical (unpaired) electrons. The van der Waals surface area contributed by atoms with Crippen molar-refractivity contribution in [3.63, 3.8) is 0 Å². The molecule has 0 aliphatic carbocycles. The fourth-order valence-corrected chi connectivity index (χ4v) is 1.56. The third-order valence-electron chi connectivity index (χ3n) is 2.47. The summed E-state index contributed by atoms with van der Waals surface area (Å²) in [6.07, 6.45) is 1.54. The van der Waals surface area contributed by atoms with Gasteiger partial charge < -0.3 is 10.2 Å². The molecule has 0 atom stereocenters. The number of anilines is 1. The summed E-state index contributed by atoms with van der Waals surface area (Å²) in [5, 5.41) is 9.12. The first-order chi connectivity index (χ1) is 9.06. The van der Waals surface area contributed by atoms with Crippen LogP contribution in [0.15, 0.2) is 18.3 Å². The molecule has 0 fully saturated rings. The van der Waals surface area contributed by atoms with Crippen LogP contribution in [-0.4, -0.2) is 40.2 Å². The molecule has 19 heavy (non-hydrogen) atoms. The first kappa shape index (κ1) is 13.0. The third kappa shape index (κ3) is 3.27. The maximum atomic E-state index is 11.7. The Labute approximate surface area is 111 Å². The van der Waals surface area contributed by atoms with Crippen molar-refractivity contribution >= 4 is 11.9 Å². The van der Waals surface area contributed by atoms with E-state index in [1.165, 1.54) is 6.20 Å². The Kier molecular flexibility index (Phi) is 3.74. The Balaban J connectivity index is 2.05. The number of rotatable bonds is 4. The van der Waals surface area contributed by atoms with Gasteiger partial charge in [0.2, 0.25) is 5.95 Å². The van der Waals surface area contributed by atoms with Gasteiger partial charge in [-0.2, -0.15) is 5.10 Å². The minimum Gasteiger partial charge on any atom is -0.347 e. The number of aromatic amines is 1. The Hall–Kier alpha value is -2.44. The van der Waals surface area contributed by atoms with Gasteiger partial charge >= 0.3 is 0 Å². The maximum absolute atomic E-state index is 11.7. The molecule has 1 amide bonds. The van der Waals surface area contributed by atoms with E-state index in [0.29, 0.717) is 18.2 Å². The lowest BCUT2D eigenvalue weighted by molar-refractivity contribution is 0.0945. The van der Waals surface area contributed by atoms with E-state index in [0.717, 1.165) is 11.4 Å². The summed E-state index contributed by atoms with van der Waals surface area (Å²) in [7, 11) is 3.75. The van der Waals surface area contributed by atoms with Crippen molar-refractivity contribution in [2.75, 3.05) is 19.0 Å². The summed E-state index contributed by atoms with van der Waals surface area (Å²) in [6.45, 7) is 2.25. The van der Waals surface area contributed by atoms with Crippen LogP contribution in [0.4, 0.5) is 5.95 Å². The molecule has 0 unspecified atom stereocenters. The number of aromatic nitrogens is 4. The highest BCUT2D eigenvalue weighted by molar-refractivity contribution is 5.91. The van der Waals surface area contributed by atoms with Gasteiger partial charge in [-0.1, -0.05) is 0 Å². The van der Waals surface area contributed by atoms with Gasteiger partial charge in [0.05, 0.1) is 12.2 Å². The van der Waals surface area contributed by atoms with Gasteiger partial charge in [-0.25, -0.2) is 9.97 Å². The normalized spacial score (nSPS) is 10.3. The lowest BCUT2D eigenvalue weighted by Gasteiger charge is -2.12. The minimum atomic E-state index is -0.208. The molecule has 100 valence electrons. The van der Waals surface area contributed by atoms with Crippen molar-refractivity contribution in [1.29, 1.82) is 0 Å². The second kappa shape index (κ2) is 5.47. The first-order valence-electron chi connectivity index (χ1n) is 5.85. The number of H-pyrrole nitrogens is 1. The van der Waals surface area contributed by atoms with Crippen LogP contribution in [0.25, 0.3) is 0 Å². The molecule has 0 saturated heterocycles. The molecule has 2 aromatic rings. The zero-order valence-corrected chi connectivity index (χ0v) is 11.1. The molecule has 0 saturated carbocycles. The van der Waals surface area contributed by atoms with Crippen LogP contribution in [-0.2, 0) is 6.54 Å². The highest BCUT2D eigenvalue weighted by Gasteiger charge is 2.08.